The van der Waals surface area contributed by atoms with Crippen molar-refractivity contribution in [1.82, 2.24) is 0 Å². The number of carbonyl (C=O) groups excluding carboxylic acids is 2. The zero-order valence-corrected chi connectivity index (χ0v) is 9.83. The van der Waals surface area contributed by atoms with Crippen molar-refractivity contribution in [2.75, 3.05) is 0 Å². The van der Waals surface area contributed by atoms with Gasteiger partial charge in [0.1, 0.15) is 0 Å². The Morgan fingerprint density at radius 3 is 1.58 bits per heavy atom. The number of hydrogen-bond donors (Lipinski definition) is 1. The largest absolute Gasteiger partial charge is 0.589 e. The summed E-state index contributed by atoms with van der Waals surface area (Å²) in [5, 5.41) is 0. The summed E-state index contributed by atoms with van der Waals surface area (Å²) in [4.78, 5) is 28.7. The minimum Gasteiger partial charge on any atom is -0.362 e. The minimum atomic E-state index is -4.50. The maximum absolute atomic E-state index is 10.5. The molecule has 0 bridgehead atoms. The summed E-state index contributed by atoms with van der Waals surface area (Å²) >= 11 is 0. The standard InChI is InChI=1S/C4H7O6P.Na/c1-3(5)9-11(7,8)10-4(2)6;/h1-2H3,(H,7,8);. The van der Waals surface area contributed by atoms with Gasteiger partial charge in [-0.1, -0.05) is 0 Å². The van der Waals surface area contributed by atoms with E-state index in [1.165, 1.54) is 0 Å². The maximum Gasteiger partial charge on any atom is 0.589 e. The monoisotopic (exact) mass is 205 g/mol. The van der Waals surface area contributed by atoms with Crippen LogP contribution in [0.5, 0.6) is 0 Å². The van der Waals surface area contributed by atoms with Crippen LogP contribution in [0, 0.1) is 0 Å². The molecule has 1 radical (unpaired) electrons. The van der Waals surface area contributed by atoms with Crippen LogP contribution in [0.3, 0.4) is 0 Å². The molecule has 0 atom stereocenters. The fraction of sp³-hybridized carbons (Fsp3) is 0.500. The summed E-state index contributed by atoms with van der Waals surface area (Å²) in [5.74, 6) is -1.98. The van der Waals surface area contributed by atoms with E-state index in [4.69, 9.17) is 4.89 Å². The van der Waals surface area contributed by atoms with E-state index in [1.54, 1.807) is 0 Å². The van der Waals surface area contributed by atoms with Crippen LogP contribution in [0.15, 0.2) is 0 Å². The van der Waals surface area contributed by atoms with Gasteiger partial charge in [-0.05, 0) is 0 Å². The first kappa shape index (κ1) is 14.6. The summed E-state index contributed by atoms with van der Waals surface area (Å²) in [7, 11) is -4.50. The van der Waals surface area contributed by atoms with Gasteiger partial charge in [0.25, 0.3) is 0 Å². The third kappa shape index (κ3) is 8.23. The van der Waals surface area contributed by atoms with E-state index in [0.29, 0.717) is 0 Å². The number of carbonyl (C=O) groups is 2. The summed E-state index contributed by atoms with van der Waals surface area (Å²) in [6.45, 7) is 1.85. The first-order valence-corrected chi connectivity index (χ1v) is 4.06. The fourth-order valence-electron chi connectivity index (χ4n) is 0.344. The third-order valence-corrected chi connectivity index (χ3v) is 1.46. The minimum absolute atomic E-state index is 0. The predicted molar refractivity (Wildman–Crippen MR) is 39.1 cm³/mol. The van der Waals surface area contributed by atoms with E-state index in [9.17, 15) is 14.2 Å². The molecule has 1 N–H and O–H groups in total. The number of phosphoric acid groups is 1. The van der Waals surface area contributed by atoms with Crippen molar-refractivity contribution in [2.24, 2.45) is 0 Å². The zero-order valence-electron chi connectivity index (χ0n) is 6.94. The second-order valence-corrected chi connectivity index (χ2v) is 2.94. The van der Waals surface area contributed by atoms with Crippen LogP contribution < -0.4 is 0 Å². The summed E-state index contributed by atoms with van der Waals surface area (Å²) in [6, 6.07) is 0. The summed E-state index contributed by atoms with van der Waals surface area (Å²) in [5.41, 5.74) is 0. The molecule has 0 aromatic rings. The average Bonchev–Trinajstić information content (AvgIpc) is 1.53. The fourth-order valence-corrected chi connectivity index (χ4v) is 1.03. The number of hydrogen-bond acceptors (Lipinski definition) is 5. The number of rotatable bonds is 2. The quantitative estimate of drug-likeness (QED) is 0.497. The van der Waals surface area contributed by atoms with Crippen molar-refractivity contribution in [2.45, 2.75) is 13.8 Å². The molecule has 6 nitrogen and oxygen atoms in total. The second-order valence-electron chi connectivity index (χ2n) is 1.63. The van der Waals surface area contributed by atoms with Gasteiger partial charge in [0.2, 0.25) is 0 Å². The smallest absolute Gasteiger partial charge is 0.362 e. The van der Waals surface area contributed by atoms with Crippen molar-refractivity contribution < 1.29 is 28.1 Å². The van der Waals surface area contributed by atoms with Crippen LogP contribution in [0.2, 0.25) is 0 Å². The molecule has 0 unspecified atom stereocenters. The molecule has 0 spiro atoms. The Bertz CT molecular complexity index is 206. The molecular formula is C4H7NaO6P. The molecule has 0 aromatic heterocycles. The van der Waals surface area contributed by atoms with Crippen LogP contribution in [-0.4, -0.2) is 46.4 Å². The van der Waals surface area contributed by atoms with Crippen LogP contribution in [0.4, 0.5) is 0 Å². The molecule has 0 aliphatic rings. The second kappa shape index (κ2) is 5.72. The molecular weight excluding hydrogens is 198 g/mol. The molecule has 0 amide bonds. The van der Waals surface area contributed by atoms with Crippen LogP contribution in [-0.2, 0) is 23.2 Å². The SMILES string of the molecule is CC(=O)OP(=O)(O)OC(C)=O.[Na]. The topological polar surface area (TPSA) is 89.9 Å². The van der Waals surface area contributed by atoms with E-state index in [2.05, 4.69) is 9.05 Å². The van der Waals surface area contributed by atoms with Gasteiger partial charge < -0.3 is 9.05 Å². The van der Waals surface area contributed by atoms with Crippen LogP contribution in [0.1, 0.15) is 13.8 Å². The molecule has 65 valence electrons. The Kier molecular flexibility index (Phi) is 6.98. The van der Waals surface area contributed by atoms with Crippen molar-refractivity contribution in [1.29, 1.82) is 0 Å². The van der Waals surface area contributed by atoms with Crippen molar-refractivity contribution in [3.63, 3.8) is 0 Å². The van der Waals surface area contributed by atoms with Gasteiger partial charge in [-0.2, -0.15) is 0 Å². The van der Waals surface area contributed by atoms with Gasteiger partial charge in [0, 0.05) is 43.4 Å². The Balaban J connectivity index is 0. The molecule has 0 rings (SSSR count). The number of phosphoric ester groups is 1. The van der Waals surface area contributed by atoms with E-state index in [0.717, 1.165) is 13.8 Å². The molecule has 0 fully saturated rings. The average molecular weight is 205 g/mol. The Hall–Kier alpha value is 0.130. The van der Waals surface area contributed by atoms with Gasteiger partial charge in [-0.3, -0.25) is 14.5 Å². The van der Waals surface area contributed by atoms with Gasteiger partial charge >= 0.3 is 19.8 Å². The van der Waals surface area contributed by atoms with Crippen molar-refractivity contribution >= 4 is 49.3 Å². The summed E-state index contributed by atoms with van der Waals surface area (Å²) < 4.78 is 18.1. The Morgan fingerprint density at radius 1 is 1.17 bits per heavy atom. The van der Waals surface area contributed by atoms with Crippen LogP contribution in [0.25, 0.3) is 0 Å². The van der Waals surface area contributed by atoms with Gasteiger partial charge in [0.15, 0.2) is 0 Å². The third-order valence-electron chi connectivity index (χ3n) is 0.488. The summed E-state index contributed by atoms with van der Waals surface area (Å²) in [6.07, 6.45) is 0. The van der Waals surface area contributed by atoms with Crippen molar-refractivity contribution in [3.05, 3.63) is 0 Å². The normalized spacial score (nSPS) is 9.58. The van der Waals surface area contributed by atoms with E-state index in [-0.39, 0.29) is 29.6 Å². The molecule has 0 aliphatic carbocycles. The van der Waals surface area contributed by atoms with E-state index in [1.807, 2.05) is 0 Å². The molecule has 0 saturated carbocycles. The molecule has 12 heavy (non-hydrogen) atoms. The van der Waals surface area contributed by atoms with Crippen molar-refractivity contribution in [3.8, 4) is 0 Å². The van der Waals surface area contributed by atoms with E-state index >= 15 is 0 Å². The van der Waals surface area contributed by atoms with Gasteiger partial charge in [-0.25, -0.2) is 4.57 Å². The molecule has 0 saturated heterocycles. The van der Waals surface area contributed by atoms with Gasteiger partial charge in [-0.15, -0.1) is 0 Å². The van der Waals surface area contributed by atoms with Crippen LogP contribution >= 0.6 is 7.82 Å². The molecule has 0 aromatic carbocycles. The molecule has 0 aliphatic heterocycles. The zero-order chi connectivity index (χ0) is 9.07. The maximum atomic E-state index is 10.5. The Morgan fingerprint density at radius 2 is 1.42 bits per heavy atom. The van der Waals surface area contributed by atoms with Gasteiger partial charge in [0.05, 0.1) is 0 Å². The van der Waals surface area contributed by atoms with E-state index < -0.39 is 19.8 Å². The first-order chi connectivity index (χ1) is 4.83. The first-order valence-electron chi connectivity index (χ1n) is 2.56. The molecule has 8 heteroatoms. The molecule has 0 heterocycles. The Labute approximate surface area is 91.1 Å². The predicted octanol–water partition coefficient (Wildman–Crippen LogP) is -0.168.